The van der Waals surface area contributed by atoms with Crippen LogP contribution in [0.3, 0.4) is 0 Å². The molecule has 1 saturated heterocycles. The maximum absolute atomic E-state index is 14.7. The molecule has 3 aliphatic rings. The number of anilines is 2. The van der Waals surface area contributed by atoms with Gasteiger partial charge >= 0.3 is 0 Å². The molecule has 1 aliphatic heterocycles. The van der Waals surface area contributed by atoms with Crippen LogP contribution in [0, 0.1) is 28.9 Å². The van der Waals surface area contributed by atoms with Gasteiger partial charge in [0.2, 0.25) is 0 Å². The Labute approximate surface area is 197 Å². The number of nitrogens with zero attached hydrogens (tertiary/aromatic N) is 2. The third kappa shape index (κ3) is 4.26. The van der Waals surface area contributed by atoms with E-state index in [1.165, 1.54) is 13.5 Å². The number of aromatic nitrogens is 1. The van der Waals surface area contributed by atoms with Crippen LogP contribution in [0.15, 0.2) is 16.5 Å². The fourth-order valence-electron chi connectivity index (χ4n) is 5.33. The van der Waals surface area contributed by atoms with Crippen molar-refractivity contribution < 1.29 is 27.5 Å². The second-order valence-electron chi connectivity index (χ2n) is 9.95. The highest BCUT2D eigenvalue weighted by molar-refractivity contribution is 6.03. The molecule has 1 aromatic carbocycles. The largest absolute Gasteiger partial charge is 0.484 e. The van der Waals surface area contributed by atoms with E-state index in [0.29, 0.717) is 17.9 Å². The number of carbonyl (C=O) groups is 1. The van der Waals surface area contributed by atoms with Crippen molar-refractivity contribution in [2.24, 2.45) is 17.3 Å². The summed E-state index contributed by atoms with van der Waals surface area (Å²) in [5.74, 6) is -1.15. The number of rotatable bonds is 9. The lowest BCUT2D eigenvalue weighted by molar-refractivity contribution is 0.101. The van der Waals surface area contributed by atoms with Gasteiger partial charge in [0.25, 0.3) is 11.9 Å². The van der Waals surface area contributed by atoms with Crippen molar-refractivity contribution in [3.05, 3.63) is 35.2 Å². The van der Waals surface area contributed by atoms with Crippen molar-refractivity contribution in [3.63, 3.8) is 0 Å². The highest BCUT2D eigenvalue weighted by atomic mass is 19.1. The van der Waals surface area contributed by atoms with E-state index < -0.39 is 17.5 Å². The van der Waals surface area contributed by atoms with E-state index in [1.54, 1.807) is 0 Å². The Bertz CT molecular complexity index is 1040. The second kappa shape index (κ2) is 8.83. The number of halogens is 2. The lowest BCUT2D eigenvalue weighted by Crippen LogP contribution is -2.56. The molecule has 184 valence electrons. The van der Waals surface area contributed by atoms with E-state index in [-0.39, 0.29) is 41.0 Å². The molecule has 34 heavy (non-hydrogen) atoms. The Kier molecular flexibility index (Phi) is 6.00. The normalized spacial score (nSPS) is 24.5. The molecule has 1 amide bonds. The number of ether oxygens (including phenoxy) is 2. The van der Waals surface area contributed by atoms with Gasteiger partial charge in [0, 0.05) is 43.4 Å². The molecule has 2 saturated carbocycles. The number of nitrogens with one attached hydrogen (secondary N) is 1. The molecule has 7 nitrogen and oxygen atoms in total. The summed E-state index contributed by atoms with van der Waals surface area (Å²) in [6.45, 7) is 5.98. The van der Waals surface area contributed by atoms with Crippen molar-refractivity contribution in [2.45, 2.75) is 58.7 Å². The van der Waals surface area contributed by atoms with Gasteiger partial charge in [-0.05, 0) is 43.9 Å². The third-order valence-corrected chi connectivity index (χ3v) is 7.74. The monoisotopic (exact) mass is 475 g/mol. The fourth-order valence-corrected chi connectivity index (χ4v) is 5.33. The van der Waals surface area contributed by atoms with E-state index in [1.807, 2.05) is 4.90 Å². The lowest BCUT2D eigenvalue weighted by atomic mass is 9.75. The summed E-state index contributed by atoms with van der Waals surface area (Å²) < 4.78 is 45.9. The van der Waals surface area contributed by atoms with Gasteiger partial charge in [-0.3, -0.25) is 4.79 Å². The van der Waals surface area contributed by atoms with E-state index in [2.05, 4.69) is 24.1 Å². The molecule has 2 heterocycles. The fraction of sp³-hybridized carbons (Fsp3) is 0.600. The molecular formula is C25H31F2N3O4. The Morgan fingerprint density at radius 1 is 1.18 bits per heavy atom. The molecule has 2 aromatic rings. The summed E-state index contributed by atoms with van der Waals surface area (Å²) in [7, 11) is 1.49. The quantitative estimate of drug-likeness (QED) is 0.540. The molecule has 2 aliphatic carbocycles. The molecule has 0 spiro atoms. The summed E-state index contributed by atoms with van der Waals surface area (Å²) in [4.78, 5) is 19.3. The first-order valence-electron chi connectivity index (χ1n) is 12.0. The first kappa shape index (κ1) is 23.1. The smallest absolute Gasteiger partial charge is 0.298 e. The van der Waals surface area contributed by atoms with E-state index >= 15 is 0 Å². The van der Waals surface area contributed by atoms with Crippen LogP contribution in [0.25, 0.3) is 0 Å². The van der Waals surface area contributed by atoms with Crippen LogP contribution in [0.1, 0.15) is 62.2 Å². The highest BCUT2D eigenvalue weighted by Crippen LogP contribution is 2.52. The average Bonchev–Trinajstić information content (AvgIpc) is 3.18. The Hall–Kier alpha value is -2.68. The molecule has 9 heteroatoms. The molecule has 2 atom stereocenters. The number of carbonyl (C=O) groups excluding carboxylic acids is 1. The van der Waals surface area contributed by atoms with Crippen molar-refractivity contribution in [3.8, 4) is 5.75 Å². The zero-order valence-corrected chi connectivity index (χ0v) is 19.8. The minimum absolute atomic E-state index is 0.0190. The van der Waals surface area contributed by atoms with Crippen molar-refractivity contribution in [1.29, 1.82) is 0 Å². The van der Waals surface area contributed by atoms with Crippen LogP contribution < -0.4 is 15.0 Å². The number of fused-ring (bicyclic) bond motifs is 1. The molecular weight excluding hydrogens is 444 g/mol. The first-order valence-corrected chi connectivity index (χ1v) is 12.0. The van der Waals surface area contributed by atoms with Gasteiger partial charge in [0.1, 0.15) is 6.61 Å². The van der Waals surface area contributed by atoms with Gasteiger partial charge < -0.3 is 24.1 Å². The summed E-state index contributed by atoms with van der Waals surface area (Å²) >= 11 is 0. The Balaban J connectivity index is 1.29. The van der Waals surface area contributed by atoms with E-state index in [4.69, 9.17) is 13.9 Å². The SMILES string of the molecule is CCC1(CC)CN(c2nc(C(=O)Nc3cc(F)c(OC4CC5CC5C4)c(F)c3)c(COC)o2)C1. The summed E-state index contributed by atoms with van der Waals surface area (Å²) in [6.07, 6.45) is 4.83. The molecule has 1 N–H and O–H groups in total. The Morgan fingerprint density at radius 3 is 2.41 bits per heavy atom. The summed E-state index contributed by atoms with van der Waals surface area (Å²) in [5, 5.41) is 2.53. The first-order chi connectivity index (χ1) is 16.3. The van der Waals surface area contributed by atoms with Crippen LogP contribution in [-0.2, 0) is 11.3 Å². The maximum atomic E-state index is 14.7. The lowest BCUT2D eigenvalue weighted by Gasteiger charge is -2.48. The second-order valence-corrected chi connectivity index (χ2v) is 9.95. The van der Waals surface area contributed by atoms with Gasteiger partial charge in [0.05, 0.1) is 6.10 Å². The van der Waals surface area contributed by atoms with Crippen molar-refractivity contribution in [1.82, 2.24) is 4.98 Å². The molecule has 1 aromatic heterocycles. The zero-order valence-electron chi connectivity index (χ0n) is 19.8. The topological polar surface area (TPSA) is 76.8 Å². The maximum Gasteiger partial charge on any atom is 0.298 e. The van der Waals surface area contributed by atoms with Crippen LogP contribution in [0.4, 0.5) is 20.5 Å². The highest BCUT2D eigenvalue weighted by Gasteiger charge is 2.47. The molecule has 0 radical (unpaired) electrons. The number of benzene rings is 1. The molecule has 3 fully saturated rings. The standard InChI is InChI=1S/C25H31F2N3O4/c1-4-25(5-2)12-30(13-25)24-29-21(20(34-24)11-32-3)23(31)28-16-9-18(26)22(19(27)10-16)33-17-7-14-6-15(14)8-17/h9-10,14-15,17H,4-8,11-13H2,1-3H3,(H,28,31). The number of amides is 1. The van der Waals surface area contributed by atoms with Crippen LogP contribution >= 0.6 is 0 Å². The van der Waals surface area contributed by atoms with Gasteiger partial charge in [-0.15, -0.1) is 0 Å². The zero-order chi connectivity index (χ0) is 24.0. The van der Waals surface area contributed by atoms with Crippen molar-refractivity contribution >= 4 is 17.6 Å². The van der Waals surface area contributed by atoms with Crippen molar-refractivity contribution in [2.75, 3.05) is 30.4 Å². The van der Waals surface area contributed by atoms with Crippen LogP contribution in [0.2, 0.25) is 0 Å². The molecule has 2 unspecified atom stereocenters. The van der Waals surface area contributed by atoms with Gasteiger partial charge in [-0.25, -0.2) is 8.78 Å². The Morgan fingerprint density at radius 2 is 1.82 bits per heavy atom. The number of methoxy groups -OCH3 is 1. The predicted molar refractivity (Wildman–Crippen MR) is 122 cm³/mol. The van der Waals surface area contributed by atoms with Gasteiger partial charge in [0.15, 0.2) is 28.8 Å². The van der Waals surface area contributed by atoms with E-state index in [9.17, 15) is 13.6 Å². The molecule has 5 rings (SSSR count). The summed E-state index contributed by atoms with van der Waals surface area (Å²) in [5.41, 5.74) is 0.249. The number of hydrogen-bond acceptors (Lipinski definition) is 6. The van der Waals surface area contributed by atoms with Crippen LogP contribution in [-0.4, -0.2) is 37.2 Å². The third-order valence-electron chi connectivity index (χ3n) is 7.74. The summed E-state index contributed by atoms with van der Waals surface area (Å²) in [6, 6.07) is 2.48. The average molecular weight is 476 g/mol. The predicted octanol–water partition coefficient (Wildman–Crippen LogP) is 5.16. The van der Waals surface area contributed by atoms with Gasteiger partial charge in [-0.2, -0.15) is 4.98 Å². The minimum Gasteiger partial charge on any atom is -0.484 e. The molecule has 0 bridgehead atoms. The van der Waals surface area contributed by atoms with Gasteiger partial charge in [-0.1, -0.05) is 13.8 Å². The van der Waals surface area contributed by atoms with Crippen LogP contribution in [0.5, 0.6) is 5.75 Å². The van der Waals surface area contributed by atoms with E-state index in [0.717, 1.165) is 50.9 Å². The number of oxazole rings is 1. The minimum atomic E-state index is -0.843. The number of hydrogen-bond donors (Lipinski definition) is 1.